The SMILES string of the molecule is N#Cc1ccc(NC2CCCC2N)cc1Cl. The van der Waals surface area contributed by atoms with Crippen LogP contribution in [-0.4, -0.2) is 12.1 Å². The van der Waals surface area contributed by atoms with E-state index >= 15 is 0 Å². The Morgan fingerprint density at radius 3 is 2.81 bits per heavy atom. The maximum atomic E-state index is 8.76. The van der Waals surface area contributed by atoms with Crippen LogP contribution in [0.15, 0.2) is 18.2 Å². The number of hydrogen-bond acceptors (Lipinski definition) is 3. The van der Waals surface area contributed by atoms with E-state index in [0.717, 1.165) is 18.5 Å². The van der Waals surface area contributed by atoms with Crippen LogP contribution in [0, 0.1) is 11.3 Å². The zero-order valence-electron chi connectivity index (χ0n) is 8.91. The quantitative estimate of drug-likeness (QED) is 0.828. The number of nitrogens with one attached hydrogen (secondary N) is 1. The highest BCUT2D eigenvalue weighted by Crippen LogP contribution is 2.25. The number of nitrogens with two attached hydrogens (primary N) is 1. The topological polar surface area (TPSA) is 61.8 Å². The first kappa shape index (κ1) is 11.3. The van der Waals surface area contributed by atoms with E-state index in [2.05, 4.69) is 5.32 Å². The molecule has 0 aliphatic heterocycles. The van der Waals surface area contributed by atoms with Gasteiger partial charge in [-0.25, -0.2) is 0 Å². The number of benzene rings is 1. The second-order valence-electron chi connectivity index (χ2n) is 4.15. The molecule has 84 valence electrons. The highest BCUT2D eigenvalue weighted by molar-refractivity contribution is 6.32. The third-order valence-corrected chi connectivity index (χ3v) is 3.32. The fourth-order valence-electron chi connectivity index (χ4n) is 2.08. The van der Waals surface area contributed by atoms with Crippen molar-refractivity contribution in [3.8, 4) is 6.07 Å². The summed E-state index contributed by atoms with van der Waals surface area (Å²) < 4.78 is 0. The van der Waals surface area contributed by atoms with Gasteiger partial charge in [0, 0.05) is 17.8 Å². The van der Waals surface area contributed by atoms with Gasteiger partial charge in [-0.2, -0.15) is 5.26 Å². The average Bonchev–Trinajstić information content (AvgIpc) is 2.65. The van der Waals surface area contributed by atoms with Gasteiger partial charge in [0.25, 0.3) is 0 Å². The van der Waals surface area contributed by atoms with Crippen LogP contribution in [0.1, 0.15) is 24.8 Å². The molecule has 1 aliphatic rings. The molecular weight excluding hydrogens is 222 g/mol. The first-order chi connectivity index (χ1) is 7.70. The molecule has 1 aliphatic carbocycles. The smallest absolute Gasteiger partial charge is 0.101 e. The Morgan fingerprint density at radius 1 is 1.44 bits per heavy atom. The predicted octanol–water partition coefficient (Wildman–Crippen LogP) is 2.50. The Labute approximate surface area is 100 Å². The summed E-state index contributed by atoms with van der Waals surface area (Å²) in [6.07, 6.45) is 3.34. The Morgan fingerprint density at radius 2 is 2.25 bits per heavy atom. The molecule has 0 amide bonds. The maximum absolute atomic E-state index is 8.76. The molecule has 0 saturated heterocycles. The molecule has 3 nitrogen and oxygen atoms in total. The van der Waals surface area contributed by atoms with Crippen molar-refractivity contribution < 1.29 is 0 Å². The van der Waals surface area contributed by atoms with Gasteiger partial charge in [-0.15, -0.1) is 0 Å². The van der Waals surface area contributed by atoms with Crippen LogP contribution in [-0.2, 0) is 0 Å². The maximum Gasteiger partial charge on any atom is 0.101 e. The van der Waals surface area contributed by atoms with E-state index < -0.39 is 0 Å². The fraction of sp³-hybridized carbons (Fsp3) is 0.417. The van der Waals surface area contributed by atoms with Crippen molar-refractivity contribution in [3.63, 3.8) is 0 Å². The molecule has 1 fully saturated rings. The Bertz CT molecular complexity index is 425. The summed E-state index contributed by atoms with van der Waals surface area (Å²) in [5.41, 5.74) is 7.41. The summed E-state index contributed by atoms with van der Waals surface area (Å²) in [5, 5.41) is 12.6. The molecule has 2 unspecified atom stereocenters. The minimum Gasteiger partial charge on any atom is -0.381 e. The van der Waals surface area contributed by atoms with Crippen LogP contribution in [0.4, 0.5) is 5.69 Å². The lowest BCUT2D eigenvalue weighted by molar-refractivity contribution is 0.638. The van der Waals surface area contributed by atoms with Crippen molar-refractivity contribution in [2.24, 2.45) is 5.73 Å². The number of nitriles is 1. The van der Waals surface area contributed by atoms with Gasteiger partial charge in [0.05, 0.1) is 10.6 Å². The minimum atomic E-state index is 0.217. The van der Waals surface area contributed by atoms with Gasteiger partial charge in [0.15, 0.2) is 0 Å². The lowest BCUT2D eigenvalue weighted by atomic mass is 10.1. The van der Waals surface area contributed by atoms with E-state index in [0.29, 0.717) is 16.6 Å². The summed E-state index contributed by atoms with van der Waals surface area (Å²) in [7, 11) is 0. The largest absolute Gasteiger partial charge is 0.381 e. The normalized spacial score (nSPS) is 24.1. The van der Waals surface area contributed by atoms with E-state index in [1.807, 2.05) is 12.1 Å². The zero-order chi connectivity index (χ0) is 11.5. The molecule has 0 radical (unpaired) electrons. The van der Waals surface area contributed by atoms with Gasteiger partial charge < -0.3 is 11.1 Å². The molecule has 0 spiro atoms. The summed E-state index contributed by atoms with van der Waals surface area (Å²) in [5.74, 6) is 0. The Hall–Kier alpha value is -1.24. The van der Waals surface area contributed by atoms with Crippen molar-refractivity contribution in [1.82, 2.24) is 0 Å². The number of rotatable bonds is 2. The molecule has 1 aromatic rings. The van der Waals surface area contributed by atoms with E-state index in [4.69, 9.17) is 22.6 Å². The van der Waals surface area contributed by atoms with Crippen molar-refractivity contribution >= 4 is 17.3 Å². The first-order valence-corrected chi connectivity index (χ1v) is 5.80. The second-order valence-corrected chi connectivity index (χ2v) is 4.56. The van der Waals surface area contributed by atoms with Crippen LogP contribution in [0.3, 0.4) is 0 Å². The minimum absolute atomic E-state index is 0.217. The van der Waals surface area contributed by atoms with E-state index in [-0.39, 0.29) is 6.04 Å². The average molecular weight is 236 g/mol. The Kier molecular flexibility index (Phi) is 3.33. The summed E-state index contributed by atoms with van der Waals surface area (Å²) in [6.45, 7) is 0. The molecule has 0 aromatic heterocycles. The second kappa shape index (κ2) is 4.73. The fourth-order valence-corrected chi connectivity index (χ4v) is 2.30. The van der Waals surface area contributed by atoms with Gasteiger partial charge in [-0.05, 0) is 37.5 Å². The first-order valence-electron chi connectivity index (χ1n) is 5.42. The van der Waals surface area contributed by atoms with E-state index in [1.165, 1.54) is 6.42 Å². The molecule has 1 aromatic carbocycles. The molecule has 3 N–H and O–H groups in total. The van der Waals surface area contributed by atoms with E-state index in [9.17, 15) is 0 Å². The monoisotopic (exact) mass is 235 g/mol. The van der Waals surface area contributed by atoms with Crippen LogP contribution in [0.25, 0.3) is 0 Å². The molecule has 16 heavy (non-hydrogen) atoms. The third kappa shape index (κ3) is 2.29. The number of halogens is 1. The van der Waals surface area contributed by atoms with Crippen LogP contribution in [0.5, 0.6) is 0 Å². The van der Waals surface area contributed by atoms with Crippen LogP contribution >= 0.6 is 11.6 Å². The van der Waals surface area contributed by atoms with Crippen molar-refractivity contribution in [1.29, 1.82) is 5.26 Å². The summed E-state index contributed by atoms with van der Waals surface area (Å²) in [4.78, 5) is 0. The van der Waals surface area contributed by atoms with Crippen LogP contribution in [0.2, 0.25) is 5.02 Å². The third-order valence-electron chi connectivity index (χ3n) is 3.01. The van der Waals surface area contributed by atoms with Gasteiger partial charge >= 0.3 is 0 Å². The highest BCUT2D eigenvalue weighted by atomic mass is 35.5. The predicted molar refractivity (Wildman–Crippen MR) is 65.4 cm³/mol. The van der Waals surface area contributed by atoms with Crippen molar-refractivity contribution in [2.45, 2.75) is 31.3 Å². The molecular formula is C12H14ClN3. The molecule has 0 heterocycles. The summed E-state index contributed by atoms with van der Waals surface area (Å²) in [6, 6.07) is 7.96. The molecule has 4 heteroatoms. The lowest BCUT2D eigenvalue weighted by Gasteiger charge is -2.18. The highest BCUT2D eigenvalue weighted by Gasteiger charge is 2.23. The summed E-state index contributed by atoms with van der Waals surface area (Å²) >= 11 is 5.96. The van der Waals surface area contributed by atoms with Gasteiger partial charge in [-0.3, -0.25) is 0 Å². The van der Waals surface area contributed by atoms with Crippen molar-refractivity contribution in [2.75, 3.05) is 5.32 Å². The molecule has 2 atom stereocenters. The lowest BCUT2D eigenvalue weighted by Crippen LogP contribution is -2.35. The number of hydrogen-bond donors (Lipinski definition) is 2. The van der Waals surface area contributed by atoms with Crippen molar-refractivity contribution in [3.05, 3.63) is 28.8 Å². The standard InChI is InChI=1S/C12H14ClN3/c13-10-6-9(5-4-8(10)7-14)16-12-3-1-2-11(12)15/h4-6,11-12,16H,1-3,15H2. The molecule has 0 bridgehead atoms. The molecule has 1 saturated carbocycles. The van der Waals surface area contributed by atoms with Crippen LogP contribution < -0.4 is 11.1 Å². The zero-order valence-corrected chi connectivity index (χ0v) is 9.67. The number of anilines is 1. The van der Waals surface area contributed by atoms with E-state index in [1.54, 1.807) is 12.1 Å². The van der Waals surface area contributed by atoms with Gasteiger partial charge in [-0.1, -0.05) is 11.6 Å². The van der Waals surface area contributed by atoms with Gasteiger partial charge in [0.1, 0.15) is 6.07 Å². The van der Waals surface area contributed by atoms with Gasteiger partial charge in [0.2, 0.25) is 0 Å². The number of nitrogens with zero attached hydrogens (tertiary/aromatic N) is 1. The molecule has 2 rings (SSSR count). The Balaban J connectivity index is 2.11.